The van der Waals surface area contributed by atoms with Crippen molar-refractivity contribution in [2.45, 2.75) is 83.8 Å². The van der Waals surface area contributed by atoms with Gasteiger partial charge in [-0.3, -0.25) is 4.90 Å². The van der Waals surface area contributed by atoms with Gasteiger partial charge in [-0.25, -0.2) is 0 Å². The second-order valence-electron chi connectivity index (χ2n) is 6.26. The molecule has 1 heterocycles. The van der Waals surface area contributed by atoms with Gasteiger partial charge in [-0.05, 0) is 57.5 Å². The second-order valence-corrected chi connectivity index (χ2v) is 6.26. The fraction of sp³-hybridized carbons (Fsp3) is 1.00. The lowest BCUT2D eigenvalue weighted by Gasteiger charge is -2.43. The summed E-state index contributed by atoms with van der Waals surface area (Å²) in [4.78, 5) is 2.86. The third kappa shape index (κ3) is 3.08. The minimum Gasteiger partial charge on any atom is -0.313 e. The van der Waals surface area contributed by atoms with Gasteiger partial charge in [0.2, 0.25) is 0 Å². The molecule has 1 N–H and O–H groups in total. The first-order valence-electron chi connectivity index (χ1n) is 8.29. The van der Waals surface area contributed by atoms with Crippen molar-refractivity contribution in [1.29, 1.82) is 0 Å². The summed E-state index contributed by atoms with van der Waals surface area (Å²) in [6.07, 6.45) is 9.84. The summed E-state index contributed by atoms with van der Waals surface area (Å²) < 4.78 is 0. The summed E-state index contributed by atoms with van der Waals surface area (Å²) in [5.41, 5.74) is 0. The van der Waals surface area contributed by atoms with Crippen molar-refractivity contribution in [2.75, 3.05) is 13.1 Å². The van der Waals surface area contributed by atoms with Gasteiger partial charge in [-0.15, -0.1) is 0 Å². The van der Waals surface area contributed by atoms with Gasteiger partial charge in [0.1, 0.15) is 0 Å². The molecule has 2 rings (SSSR count). The molecule has 2 aliphatic rings. The Morgan fingerprint density at radius 3 is 2.56 bits per heavy atom. The molecule has 1 saturated heterocycles. The second kappa shape index (κ2) is 6.91. The summed E-state index contributed by atoms with van der Waals surface area (Å²) >= 11 is 0. The number of rotatable bonds is 5. The van der Waals surface area contributed by atoms with Crippen molar-refractivity contribution in [3.63, 3.8) is 0 Å². The number of nitrogens with one attached hydrogen (secondary N) is 1. The lowest BCUT2D eigenvalue weighted by atomic mass is 9.80. The fourth-order valence-corrected chi connectivity index (χ4v) is 4.20. The van der Waals surface area contributed by atoms with Crippen LogP contribution in [0.3, 0.4) is 0 Å². The van der Waals surface area contributed by atoms with E-state index in [-0.39, 0.29) is 0 Å². The first kappa shape index (κ1) is 14.3. The highest BCUT2D eigenvalue weighted by Crippen LogP contribution is 2.34. The zero-order valence-electron chi connectivity index (χ0n) is 12.6. The predicted octanol–water partition coefficient (Wildman–Crippen LogP) is 3.42. The Morgan fingerprint density at radius 2 is 1.89 bits per heavy atom. The van der Waals surface area contributed by atoms with Gasteiger partial charge in [0.15, 0.2) is 0 Å². The molecule has 1 aliphatic carbocycles. The molecule has 1 saturated carbocycles. The third-order valence-corrected chi connectivity index (χ3v) is 5.29. The van der Waals surface area contributed by atoms with E-state index < -0.39 is 0 Å². The summed E-state index contributed by atoms with van der Waals surface area (Å²) in [6, 6.07) is 2.44. The van der Waals surface area contributed by atoms with Crippen LogP contribution in [-0.4, -0.2) is 36.1 Å². The summed E-state index contributed by atoms with van der Waals surface area (Å²) in [5, 5.41) is 3.76. The molecule has 0 aromatic carbocycles. The van der Waals surface area contributed by atoms with Crippen LogP contribution in [0.4, 0.5) is 0 Å². The molecule has 0 amide bonds. The lowest BCUT2D eigenvalue weighted by Crippen LogP contribution is -2.54. The quantitative estimate of drug-likeness (QED) is 0.806. The summed E-state index contributed by atoms with van der Waals surface area (Å²) in [6.45, 7) is 9.47. The smallest absolute Gasteiger partial charge is 0.0254 e. The normalized spacial score (nSPS) is 38.2. The number of nitrogens with zero attached hydrogens (tertiary/aromatic N) is 1. The maximum Gasteiger partial charge on any atom is 0.0254 e. The number of hydrogen-bond donors (Lipinski definition) is 1. The minimum atomic E-state index is 0.755. The Balaban J connectivity index is 2.03. The third-order valence-electron chi connectivity index (χ3n) is 5.29. The zero-order chi connectivity index (χ0) is 13.0. The first-order valence-corrected chi connectivity index (χ1v) is 8.29. The van der Waals surface area contributed by atoms with Crippen LogP contribution in [0.1, 0.15) is 65.7 Å². The Morgan fingerprint density at radius 1 is 1.06 bits per heavy atom. The van der Waals surface area contributed by atoms with Gasteiger partial charge in [0, 0.05) is 18.1 Å². The SMILES string of the molecule is CCNC1CCC(CC)CC1N1CCCC1CC. The van der Waals surface area contributed by atoms with Gasteiger partial charge in [0.25, 0.3) is 0 Å². The first-order chi connectivity index (χ1) is 8.80. The van der Waals surface area contributed by atoms with E-state index >= 15 is 0 Å². The van der Waals surface area contributed by atoms with Crippen LogP contribution in [0.25, 0.3) is 0 Å². The molecule has 2 heteroatoms. The molecule has 4 unspecified atom stereocenters. The van der Waals surface area contributed by atoms with E-state index in [1.165, 1.54) is 51.5 Å². The lowest BCUT2D eigenvalue weighted by molar-refractivity contribution is 0.0841. The Bertz CT molecular complexity index is 241. The number of likely N-dealkylation sites (tertiary alicyclic amines) is 1. The molecule has 18 heavy (non-hydrogen) atoms. The van der Waals surface area contributed by atoms with E-state index in [4.69, 9.17) is 0 Å². The van der Waals surface area contributed by atoms with E-state index in [1.807, 2.05) is 0 Å². The van der Waals surface area contributed by atoms with E-state index in [0.29, 0.717) is 0 Å². The number of likely N-dealkylation sites (N-methyl/N-ethyl adjacent to an activating group) is 1. The van der Waals surface area contributed by atoms with Crippen molar-refractivity contribution >= 4 is 0 Å². The molecule has 0 radical (unpaired) electrons. The van der Waals surface area contributed by atoms with Gasteiger partial charge >= 0.3 is 0 Å². The highest BCUT2D eigenvalue weighted by molar-refractivity contribution is 4.95. The van der Waals surface area contributed by atoms with Gasteiger partial charge < -0.3 is 5.32 Å². The number of hydrogen-bond acceptors (Lipinski definition) is 2. The average Bonchev–Trinajstić information content (AvgIpc) is 2.87. The maximum atomic E-state index is 3.76. The van der Waals surface area contributed by atoms with Crippen LogP contribution < -0.4 is 5.32 Å². The Hall–Kier alpha value is -0.0800. The summed E-state index contributed by atoms with van der Waals surface area (Å²) in [5.74, 6) is 0.975. The minimum absolute atomic E-state index is 0.755. The highest BCUT2D eigenvalue weighted by Gasteiger charge is 2.37. The van der Waals surface area contributed by atoms with Crippen LogP contribution in [0, 0.1) is 5.92 Å². The molecule has 1 aliphatic heterocycles. The van der Waals surface area contributed by atoms with E-state index in [2.05, 4.69) is 31.0 Å². The molecule has 0 spiro atoms. The monoisotopic (exact) mass is 252 g/mol. The average molecular weight is 252 g/mol. The molecule has 0 aromatic heterocycles. The van der Waals surface area contributed by atoms with Crippen molar-refractivity contribution in [1.82, 2.24) is 10.2 Å². The predicted molar refractivity (Wildman–Crippen MR) is 78.9 cm³/mol. The van der Waals surface area contributed by atoms with Crippen LogP contribution in [-0.2, 0) is 0 Å². The summed E-state index contributed by atoms with van der Waals surface area (Å²) in [7, 11) is 0. The topological polar surface area (TPSA) is 15.3 Å². The van der Waals surface area contributed by atoms with Crippen LogP contribution in [0.15, 0.2) is 0 Å². The van der Waals surface area contributed by atoms with Gasteiger partial charge in [-0.1, -0.05) is 27.2 Å². The molecule has 106 valence electrons. The highest BCUT2D eigenvalue weighted by atomic mass is 15.2. The van der Waals surface area contributed by atoms with Crippen LogP contribution in [0.5, 0.6) is 0 Å². The Kier molecular flexibility index (Phi) is 5.50. The van der Waals surface area contributed by atoms with Gasteiger partial charge in [-0.2, -0.15) is 0 Å². The van der Waals surface area contributed by atoms with E-state index in [0.717, 1.165) is 30.6 Å². The largest absolute Gasteiger partial charge is 0.313 e. The van der Waals surface area contributed by atoms with E-state index in [9.17, 15) is 0 Å². The van der Waals surface area contributed by atoms with Crippen LogP contribution in [0.2, 0.25) is 0 Å². The molecule has 4 atom stereocenters. The molecular weight excluding hydrogens is 220 g/mol. The van der Waals surface area contributed by atoms with Crippen molar-refractivity contribution < 1.29 is 0 Å². The van der Waals surface area contributed by atoms with Crippen LogP contribution >= 0.6 is 0 Å². The fourth-order valence-electron chi connectivity index (χ4n) is 4.20. The standard InChI is InChI=1S/C16H32N2/c1-4-13-9-10-15(17-6-3)16(12-13)18-11-7-8-14(18)5-2/h13-17H,4-12H2,1-3H3. The molecular formula is C16H32N2. The van der Waals surface area contributed by atoms with Crippen molar-refractivity contribution in [3.8, 4) is 0 Å². The van der Waals surface area contributed by atoms with Crippen molar-refractivity contribution in [3.05, 3.63) is 0 Å². The molecule has 0 aromatic rings. The zero-order valence-corrected chi connectivity index (χ0v) is 12.6. The molecule has 0 bridgehead atoms. The Labute approximate surface area is 114 Å². The van der Waals surface area contributed by atoms with Crippen molar-refractivity contribution in [2.24, 2.45) is 5.92 Å². The van der Waals surface area contributed by atoms with Gasteiger partial charge in [0.05, 0.1) is 0 Å². The molecule has 2 fully saturated rings. The molecule has 2 nitrogen and oxygen atoms in total. The maximum absolute atomic E-state index is 3.76. The van der Waals surface area contributed by atoms with E-state index in [1.54, 1.807) is 0 Å².